The summed E-state index contributed by atoms with van der Waals surface area (Å²) in [6.45, 7) is 2.70. The first kappa shape index (κ1) is 23.1. The molecule has 24 heavy (non-hydrogen) atoms. The fourth-order valence-corrected chi connectivity index (χ4v) is 2.62. The molecule has 2 unspecified atom stereocenters. The van der Waals surface area contributed by atoms with Crippen LogP contribution < -0.4 is 11.5 Å². The fourth-order valence-electron chi connectivity index (χ4n) is 2.62. The van der Waals surface area contributed by atoms with Crippen LogP contribution in [0.3, 0.4) is 0 Å². The first-order chi connectivity index (χ1) is 11.6. The Hall–Kier alpha value is -0.850. The number of aliphatic hydroxyl groups excluding tert-OH is 2. The number of aliphatic imine (C=N–C) groups is 1. The van der Waals surface area contributed by atoms with Gasteiger partial charge in [-0.2, -0.15) is 0 Å². The van der Waals surface area contributed by atoms with Gasteiger partial charge in [-0.15, -0.1) is 0 Å². The van der Waals surface area contributed by atoms with Gasteiger partial charge in [0.05, 0.1) is 13.2 Å². The number of nitrogens with two attached hydrogens (primary N) is 2. The quantitative estimate of drug-likeness (QED) is 0.183. The number of unbranched alkanes of at least 4 members (excludes halogenated alkanes) is 10. The number of nitrogens with zero attached hydrogens (tertiary/aromatic N) is 1. The Morgan fingerprint density at radius 1 is 0.917 bits per heavy atom. The SMILES string of the molecule is CCCCCCCCCCCCCOCC(O)C(CO)N=C(N)N. The van der Waals surface area contributed by atoms with Crippen LogP contribution in [0.5, 0.6) is 0 Å². The number of ether oxygens (including phenoxy) is 1. The van der Waals surface area contributed by atoms with E-state index in [1.807, 2.05) is 0 Å². The van der Waals surface area contributed by atoms with Gasteiger partial charge in [0.15, 0.2) is 5.96 Å². The van der Waals surface area contributed by atoms with E-state index in [1.54, 1.807) is 0 Å². The highest BCUT2D eigenvalue weighted by Crippen LogP contribution is 2.11. The second kappa shape index (κ2) is 17.0. The number of rotatable bonds is 17. The Balaban J connectivity index is 3.37. The highest BCUT2D eigenvalue weighted by atomic mass is 16.5. The van der Waals surface area contributed by atoms with Crippen LogP contribution in [0.25, 0.3) is 0 Å². The molecule has 6 nitrogen and oxygen atoms in total. The number of guanidine groups is 1. The Morgan fingerprint density at radius 3 is 1.88 bits per heavy atom. The van der Waals surface area contributed by atoms with E-state index in [0.29, 0.717) is 6.61 Å². The van der Waals surface area contributed by atoms with Crippen LogP contribution in [0.15, 0.2) is 4.99 Å². The van der Waals surface area contributed by atoms with Crippen molar-refractivity contribution in [3.63, 3.8) is 0 Å². The minimum atomic E-state index is -0.884. The normalized spacial score (nSPS) is 13.6. The van der Waals surface area contributed by atoms with Gasteiger partial charge in [0.1, 0.15) is 12.1 Å². The fraction of sp³-hybridized carbons (Fsp3) is 0.944. The maximum Gasteiger partial charge on any atom is 0.186 e. The molecule has 2 atom stereocenters. The van der Waals surface area contributed by atoms with Crippen molar-refractivity contribution in [2.75, 3.05) is 19.8 Å². The molecule has 0 radical (unpaired) electrons. The number of aliphatic hydroxyl groups is 2. The Bertz CT molecular complexity index is 297. The van der Waals surface area contributed by atoms with Crippen LogP contribution in [0.4, 0.5) is 0 Å². The standard InChI is InChI=1S/C18H39N3O3/c1-2-3-4-5-6-7-8-9-10-11-12-13-24-15-17(23)16(14-22)21-18(19)20/h16-17,22-23H,2-15H2,1H3,(H4,19,20,21). The van der Waals surface area contributed by atoms with Gasteiger partial charge >= 0.3 is 0 Å². The third kappa shape index (κ3) is 14.7. The molecule has 0 aromatic rings. The van der Waals surface area contributed by atoms with Crippen LogP contribution in [-0.4, -0.2) is 48.1 Å². The minimum absolute atomic E-state index is 0.139. The number of hydrogen-bond acceptors (Lipinski definition) is 4. The van der Waals surface area contributed by atoms with Crippen molar-refractivity contribution in [1.82, 2.24) is 0 Å². The van der Waals surface area contributed by atoms with Crippen LogP contribution in [0.2, 0.25) is 0 Å². The Labute approximate surface area is 147 Å². The van der Waals surface area contributed by atoms with E-state index < -0.39 is 12.1 Å². The van der Waals surface area contributed by atoms with Crippen LogP contribution in [0, 0.1) is 0 Å². The lowest BCUT2D eigenvalue weighted by atomic mass is 10.1. The third-order valence-electron chi connectivity index (χ3n) is 4.13. The van der Waals surface area contributed by atoms with Gasteiger partial charge in [-0.1, -0.05) is 71.1 Å². The number of hydrogen-bond donors (Lipinski definition) is 4. The molecule has 6 heteroatoms. The van der Waals surface area contributed by atoms with E-state index in [9.17, 15) is 5.11 Å². The van der Waals surface area contributed by atoms with Gasteiger partial charge in [0.2, 0.25) is 0 Å². The molecule has 0 heterocycles. The van der Waals surface area contributed by atoms with E-state index >= 15 is 0 Å². The largest absolute Gasteiger partial charge is 0.394 e. The average molecular weight is 346 g/mol. The summed E-state index contributed by atoms with van der Waals surface area (Å²) in [5, 5.41) is 18.9. The van der Waals surface area contributed by atoms with Crippen LogP contribution in [-0.2, 0) is 4.74 Å². The zero-order valence-electron chi connectivity index (χ0n) is 15.5. The zero-order chi connectivity index (χ0) is 18.0. The highest BCUT2D eigenvalue weighted by Gasteiger charge is 2.17. The van der Waals surface area contributed by atoms with Crippen molar-refractivity contribution >= 4 is 5.96 Å². The van der Waals surface area contributed by atoms with Crippen molar-refractivity contribution in [3.05, 3.63) is 0 Å². The van der Waals surface area contributed by atoms with Crippen molar-refractivity contribution in [3.8, 4) is 0 Å². The van der Waals surface area contributed by atoms with E-state index in [-0.39, 0.29) is 19.2 Å². The predicted octanol–water partition coefficient (Wildman–Crippen LogP) is 2.31. The van der Waals surface area contributed by atoms with Crippen molar-refractivity contribution in [2.24, 2.45) is 16.5 Å². The monoisotopic (exact) mass is 345 g/mol. The molecule has 0 spiro atoms. The molecule has 0 saturated heterocycles. The summed E-state index contributed by atoms with van der Waals surface area (Å²) in [5.41, 5.74) is 10.5. The van der Waals surface area contributed by atoms with Crippen molar-refractivity contribution < 1.29 is 14.9 Å². The van der Waals surface area contributed by atoms with Crippen molar-refractivity contribution in [1.29, 1.82) is 0 Å². The molecule has 0 aliphatic carbocycles. The highest BCUT2D eigenvalue weighted by molar-refractivity contribution is 5.75. The second-order valence-electron chi connectivity index (χ2n) is 6.48. The Morgan fingerprint density at radius 2 is 1.42 bits per heavy atom. The second-order valence-corrected chi connectivity index (χ2v) is 6.48. The molecule has 0 amide bonds. The van der Waals surface area contributed by atoms with Gasteiger partial charge in [0, 0.05) is 6.61 Å². The molecule has 144 valence electrons. The van der Waals surface area contributed by atoms with Gasteiger partial charge in [-0.25, -0.2) is 4.99 Å². The summed E-state index contributed by atoms with van der Waals surface area (Å²) in [6.07, 6.45) is 13.3. The van der Waals surface area contributed by atoms with Crippen LogP contribution in [0.1, 0.15) is 77.6 Å². The molecule has 0 saturated carbocycles. The van der Waals surface area contributed by atoms with E-state index in [1.165, 1.54) is 57.8 Å². The summed E-state index contributed by atoms with van der Waals surface area (Å²) >= 11 is 0. The van der Waals surface area contributed by atoms with Gasteiger partial charge in [-0.3, -0.25) is 0 Å². The third-order valence-corrected chi connectivity index (χ3v) is 4.13. The lowest BCUT2D eigenvalue weighted by Gasteiger charge is -2.17. The molecule has 0 fully saturated rings. The average Bonchev–Trinajstić information content (AvgIpc) is 2.56. The molecule has 6 N–H and O–H groups in total. The lowest BCUT2D eigenvalue weighted by Crippen LogP contribution is -2.36. The zero-order valence-corrected chi connectivity index (χ0v) is 15.5. The molecular weight excluding hydrogens is 306 g/mol. The summed E-state index contributed by atoms with van der Waals surface area (Å²) in [6, 6.07) is -0.715. The minimum Gasteiger partial charge on any atom is -0.394 e. The van der Waals surface area contributed by atoms with Crippen molar-refractivity contribution in [2.45, 2.75) is 89.7 Å². The summed E-state index contributed by atoms with van der Waals surface area (Å²) in [5.74, 6) is -0.140. The molecular formula is C18H39N3O3. The van der Waals surface area contributed by atoms with Gasteiger partial charge < -0.3 is 26.4 Å². The maximum absolute atomic E-state index is 9.83. The van der Waals surface area contributed by atoms with E-state index in [2.05, 4.69) is 11.9 Å². The Kier molecular flexibility index (Phi) is 16.4. The smallest absolute Gasteiger partial charge is 0.186 e. The van der Waals surface area contributed by atoms with Gasteiger partial charge in [-0.05, 0) is 6.42 Å². The van der Waals surface area contributed by atoms with E-state index in [4.69, 9.17) is 21.3 Å². The summed E-state index contributed by atoms with van der Waals surface area (Å²) in [4.78, 5) is 3.77. The predicted molar refractivity (Wildman–Crippen MR) is 100.0 cm³/mol. The van der Waals surface area contributed by atoms with Crippen LogP contribution >= 0.6 is 0 Å². The first-order valence-electron chi connectivity index (χ1n) is 9.57. The molecule has 0 aromatic heterocycles. The maximum atomic E-state index is 9.83. The molecule has 0 aliphatic rings. The molecule has 0 bridgehead atoms. The molecule has 0 aromatic carbocycles. The first-order valence-corrected chi connectivity index (χ1v) is 9.57. The molecule has 0 rings (SSSR count). The lowest BCUT2D eigenvalue weighted by molar-refractivity contribution is 0.0122. The van der Waals surface area contributed by atoms with Gasteiger partial charge in [0.25, 0.3) is 0 Å². The molecule has 0 aliphatic heterocycles. The topological polar surface area (TPSA) is 114 Å². The summed E-state index contributed by atoms with van der Waals surface area (Å²) in [7, 11) is 0. The van der Waals surface area contributed by atoms with E-state index in [0.717, 1.165) is 12.8 Å². The summed E-state index contributed by atoms with van der Waals surface area (Å²) < 4.78 is 5.43.